The van der Waals surface area contributed by atoms with Crippen molar-refractivity contribution in [3.8, 4) is 11.5 Å². The van der Waals surface area contributed by atoms with Crippen LogP contribution < -0.4 is 5.32 Å². The average molecular weight is 311 g/mol. The number of hydrogen-bond acceptors (Lipinski definition) is 6. The minimum atomic E-state index is 0.496. The molecule has 3 rings (SSSR count). The van der Waals surface area contributed by atoms with E-state index < -0.39 is 0 Å². The van der Waals surface area contributed by atoms with Gasteiger partial charge < -0.3 is 9.84 Å². The first kappa shape index (κ1) is 15.4. The maximum Gasteiger partial charge on any atom is 0.261 e. The van der Waals surface area contributed by atoms with Crippen molar-refractivity contribution in [2.75, 3.05) is 11.9 Å². The Morgan fingerprint density at radius 3 is 2.78 bits per heavy atom. The summed E-state index contributed by atoms with van der Waals surface area (Å²) >= 11 is 0. The van der Waals surface area contributed by atoms with E-state index >= 15 is 0 Å². The Kier molecular flexibility index (Phi) is 4.50. The van der Waals surface area contributed by atoms with Gasteiger partial charge in [-0.15, -0.1) is 0 Å². The van der Waals surface area contributed by atoms with Gasteiger partial charge in [0, 0.05) is 30.2 Å². The highest BCUT2D eigenvalue weighted by Crippen LogP contribution is 2.32. The molecular formula is C17H21N5O. The molecule has 23 heavy (non-hydrogen) atoms. The van der Waals surface area contributed by atoms with E-state index in [4.69, 9.17) is 4.52 Å². The molecule has 0 saturated heterocycles. The SMILES string of the molecule is CCCCNc1c(-c2nc(CC)no2)cnc2nc(C)ccc12. The minimum absolute atomic E-state index is 0.496. The molecule has 0 fully saturated rings. The van der Waals surface area contributed by atoms with Gasteiger partial charge in [0.05, 0.1) is 11.3 Å². The van der Waals surface area contributed by atoms with Crippen molar-refractivity contribution in [3.63, 3.8) is 0 Å². The van der Waals surface area contributed by atoms with E-state index in [1.807, 2.05) is 26.0 Å². The highest BCUT2D eigenvalue weighted by molar-refractivity contribution is 5.96. The highest BCUT2D eigenvalue weighted by Gasteiger charge is 2.16. The van der Waals surface area contributed by atoms with Crippen LogP contribution in [0.1, 0.15) is 38.2 Å². The summed E-state index contributed by atoms with van der Waals surface area (Å²) < 4.78 is 5.40. The summed E-state index contributed by atoms with van der Waals surface area (Å²) in [6.45, 7) is 7.01. The zero-order valence-electron chi connectivity index (χ0n) is 13.8. The molecule has 0 aliphatic heterocycles. The summed E-state index contributed by atoms with van der Waals surface area (Å²) in [5, 5.41) is 8.45. The number of nitrogens with one attached hydrogen (secondary N) is 1. The highest BCUT2D eigenvalue weighted by atomic mass is 16.5. The molecule has 120 valence electrons. The minimum Gasteiger partial charge on any atom is -0.384 e. The van der Waals surface area contributed by atoms with Crippen molar-refractivity contribution < 1.29 is 4.52 Å². The Hall–Kier alpha value is -2.50. The third-order valence-electron chi connectivity index (χ3n) is 3.72. The molecule has 0 aromatic carbocycles. The first-order valence-corrected chi connectivity index (χ1v) is 8.06. The summed E-state index contributed by atoms with van der Waals surface area (Å²) in [5.41, 5.74) is 3.46. The van der Waals surface area contributed by atoms with E-state index in [1.54, 1.807) is 6.20 Å². The maximum atomic E-state index is 5.40. The molecule has 0 radical (unpaired) electrons. The normalized spacial score (nSPS) is 11.1. The van der Waals surface area contributed by atoms with Gasteiger partial charge in [0.2, 0.25) is 0 Å². The van der Waals surface area contributed by atoms with E-state index in [1.165, 1.54) is 0 Å². The smallest absolute Gasteiger partial charge is 0.261 e. The number of pyridine rings is 2. The number of nitrogens with zero attached hydrogens (tertiary/aromatic N) is 4. The van der Waals surface area contributed by atoms with Crippen molar-refractivity contribution in [2.24, 2.45) is 0 Å². The summed E-state index contributed by atoms with van der Waals surface area (Å²) in [5.74, 6) is 1.19. The lowest BCUT2D eigenvalue weighted by Gasteiger charge is -2.12. The Balaban J connectivity index is 2.11. The molecule has 3 aromatic heterocycles. The number of fused-ring (bicyclic) bond motifs is 1. The van der Waals surface area contributed by atoms with Gasteiger partial charge in [-0.3, -0.25) is 0 Å². The van der Waals surface area contributed by atoms with Crippen LogP contribution in [0.4, 0.5) is 5.69 Å². The lowest BCUT2D eigenvalue weighted by molar-refractivity contribution is 0.423. The molecular weight excluding hydrogens is 290 g/mol. The number of hydrogen-bond donors (Lipinski definition) is 1. The van der Waals surface area contributed by atoms with Crippen LogP contribution in [0.15, 0.2) is 22.9 Å². The molecule has 0 aliphatic carbocycles. The second kappa shape index (κ2) is 6.73. The first-order chi connectivity index (χ1) is 11.2. The van der Waals surface area contributed by atoms with Crippen LogP contribution >= 0.6 is 0 Å². The van der Waals surface area contributed by atoms with Gasteiger partial charge in [0.25, 0.3) is 5.89 Å². The summed E-state index contributed by atoms with van der Waals surface area (Å²) in [7, 11) is 0. The van der Waals surface area contributed by atoms with Gasteiger partial charge in [-0.05, 0) is 25.5 Å². The lowest BCUT2D eigenvalue weighted by Crippen LogP contribution is -2.04. The predicted molar refractivity (Wildman–Crippen MR) is 90.3 cm³/mol. The molecule has 0 bridgehead atoms. The number of aryl methyl sites for hydroxylation is 2. The predicted octanol–water partition coefficient (Wildman–Crippen LogP) is 3.76. The Morgan fingerprint density at radius 1 is 1.17 bits per heavy atom. The molecule has 0 atom stereocenters. The van der Waals surface area contributed by atoms with E-state index in [0.717, 1.165) is 53.8 Å². The van der Waals surface area contributed by atoms with E-state index in [2.05, 4.69) is 32.3 Å². The molecule has 0 aliphatic rings. The Morgan fingerprint density at radius 2 is 2.04 bits per heavy atom. The van der Waals surface area contributed by atoms with Gasteiger partial charge in [-0.2, -0.15) is 4.98 Å². The Bertz CT molecular complexity index is 812. The quantitative estimate of drug-likeness (QED) is 0.698. The van der Waals surface area contributed by atoms with Gasteiger partial charge in [-0.25, -0.2) is 9.97 Å². The lowest BCUT2D eigenvalue weighted by atomic mass is 10.1. The third-order valence-corrected chi connectivity index (χ3v) is 3.72. The van der Waals surface area contributed by atoms with Gasteiger partial charge in [-0.1, -0.05) is 25.4 Å². The summed E-state index contributed by atoms with van der Waals surface area (Å²) in [4.78, 5) is 13.4. The molecule has 0 amide bonds. The largest absolute Gasteiger partial charge is 0.384 e. The molecule has 1 N–H and O–H groups in total. The number of unbranched alkanes of at least 4 members (excludes halogenated alkanes) is 1. The summed E-state index contributed by atoms with van der Waals surface area (Å²) in [6, 6.07) is 4.03. The molecule has 3 aromatic rings. The average Bonchev–Trinajstić information content (AvgIpc) is 3.03. The fourth-order valence-corrected chi connectivity index (χ4v) is 2.42. The van der Waals surface area contributed by atoms with Crippen molar-refractivity contribution in [2.45, 2.75) is 40.0 Å². The monoisotopic (exact) mass is 311 g/mol. The topological polar surface area (TPSA) is 76.7 Å². The molecule has 0 spiro atoms. The molecule has 3 heterocycles. The number of aromatic nitrogens is 4. The van der Waals surface area contributed by atoms with Crippen molar-refractivity contribution in [3.05, 3.63) is 29.8 Å². The molecule has 6 heteroatoms. The Labute approximate surface area is 135 Å². The van der Waals surface area contributed by atoms with Crippen LogP contribution in [0.2, 0.25) is 0 Å². The summed E-state index contributed by atoms with van der Waals surface area (Å²) in [6.07, 6.45) is 4.72. The fraction of sp³-hybridized carbons (Fsp3) is 0.412. The standard InChI is InChI=1S/C17H21N5O/c1-4-6-9-18-15-12-8-7-11(3)20-16(12)19-10-13(15)17-21-14(5-2)22-23-17/h7-8,10H,4-6,9H2,1-3H3,(H,18,19,20). The van der Waals surface area contributed by atoms with E-state index in [9.17, 15) is 0 Å². The first-order valence-electron chi connectivity index (χ1n) is 8.06. The van der Waals surface area contributed by atoms with Crippen LogP contribution in [0.5, 0.6) is 0 Å². The van der Waals surface area contributed by atoms with Crippen LogP contribution in [-0.2, 0) is 6.42 Å². The van der Waals surface area contributed by atoms with Crippen LogP contribution in [0.3, 0.4) is 0 Å². The maximum absolute atomic E-state index is 5.40. The van der Waals surface area contributed by atoms with Crippen molar-refractivity contribution >= 4 is 16.7 Å². The molecule has 6 nitrogen and oxygen atoms in total. The van der Waals surface area contributed by atoms with Crippen molar-refractivity contribution in [1.29, 1.82) is 0 Å². The molecule has 0 saturated carbocycles. The van der Waals surface area contributed by atoms with E-state index in [-0.39, 0.29) is 0 Å². The van der Waals surface area contributed by atoms with E-state index in [0.29, 0.717) is 11.7 Å². The van der Waals surface area contributed by atoms with Gasteiger partial charge in [0.15, 0.2) is 11.5 Å². The number of anilines is 1. The van der Waals surface area contributed by atoms with Crippen LogP contribution in [-0.4, -0.2) is 26.7 Å². The van der Waals surface area contributed by atoms with Crippen molar-refractivity contribution in [1.82, 2.24) is 20.1 Å². The van der Waals surface area contributed by atoms with Gasteiger partial charge >= 0.3 is 0 Å². The van der Waals surface area contributed by atoms with Crippen LogP contribution in [0, 0.1) is 6.92 Å². The second-order valence-corrected chi connectivity index (χ2v) is 5.52. The molecule has 0 unspecified atom stereocenters. The fourth-order valence-electron chi connectivity index (χ4n) is 2.42. The zero-order valence-corrected chi connectivity index (χ0v) is 13.8. The van der Waals surface area contributed by atoms with Gasteiger partial charge in [0.1, 0.15) is 0 Å². The third kappa shape index (κ3) is 3.16. The second-order valence-electron chi connectivity index (χ2n) is 5.52. The number of rotatable bonds is 6. The zero-order chi connectivity index (χ0) is 16.2. The van der Waals surface area contributed by atoms with Crippen LogP contribution in [0.25, 0.3) is 22.5 Å².